The van der Waals surface area contributed by atoms with Crippen molar-refractivity contribution >= 4 is 53.3 Å². The molecule has 34 heavy (non-hydrogen) atoms. The van der Waals surface area contributed by atoms with Crippen LogP contribution < -0.4 is 10.6 Å². The Morgan fingerprint density at radius 3 is 2.68 bits per heavy atom. The number of benzene rings is 1. The molecule has 6 nitrogen and oxygen atoms in total. The Kier molecular flexibility index (Phi) is 8.61. The molecule has 0 spiro atoms. The summed E-state index contributed by atoms with van der Waals surface area (Å²) in [7, 11) is -1.95. The number of nitriles is 1. The van der Waals surface area contributed by atoms with Gasteiger partial charge in [0.1, 0.15) is 0 Å². The third-order valence-corrected chi connectivity index (χ3v) is 12.7. The van der Waals surface area contributed by atoms with Gasteiger partial charge < -0.3 is 15.1 Å². The summed E-state index contributed by atoms with van der Waals surface area (Å²) >= 11 is 10.0. The predicted octanol–water partition coefficient (Wildman–Crippen LogP) is 7.79. The second kappa shape index (κ2) is 10.9. The Morgan fingerprint density at radius 2 is 2.00 bits per heavy atom. The first kappa shape index (κ1) is 26.9. The van der Waals surface area contributed by atoms with Crippen LogP contribution >= 0.6 is 27.5 Å². The standard InChI is InChI=1S/C24H32BrClFN5OSi/c1-24(2,3)34(4,5)33-14-16-10-17(11-18(26)21(16)25)30-23-29-13-19(27)22(32-23)31-20-9-7-6-8-15(20)12-28/h10-11,13,15,20H,6-9,14H2,1-5H3,(H2,29,30,31,32). The lowest BCUT2D eigenvalue weighted by atomic mass is 9.85. The molecule has 1 aliphatic carbocycles. The molecule has 0 saturated heterocycles. The van der Waals surface area contributed by atoms with Gasteiger partial charge in [0, 0.05) is 16.2 Å². The van der Waals surface area contributed by atoms with E-state index in [1.165, 1.54) is 0 Å². The van der Waals surface area contributed by atoms with Crippen molar-refractivity contribution in [2.75, 3.05) is 10.6 Å². The van der Waals surface area contributed by atoms with Crippen molar-refractivity contribution in [1.29, 1.82) is 5.26 Å². The summed E-state index contributed by atoms with van der Waals surface area (Å²) in [5.41, 5.74) is 1.58. The quantitative estimate of drug-likeness (QED) is 0.332. The zero-order chi connectivity index (χ0) is 25.1. The average molecular weight is 569 g/mol. The van der Waals surface area contributed by atoms with Crippen LogP contribution in [-0.2, 0) is 11.0 Å². The lowest BCUT2D eigenvalue weighted by Gasteiger charge is -2.36. The highest BCUT2D eigenvalue weighted by molar-refractivity contribution is 9.10. The maximum atomic E-state index is 14.4. The molecule has 184 valence electrons. The lowest BCUT2D eigenvalue weighted by Crippen LogP contribution is -2.40. The van der Waals surface area contributed by atoms with E-state index in [0.29, 0.717) is 17.3 Å². The minimum atomic E-state index is -1.95. The van der Waals surface area contributed by atoms with Gasteiger partial charge in [-0.15, -0.1) is 0 Å². The van der Waals surface area contributed by atoms with Gasteiger partial charge in [-0.2, -0.15) is 10.2 Å². The van der Waals surface area contributed by atoms with E-state index in [-0.39, 0.29) is 28.8 Å². The average Bonchev–Trinajstić information content (AvgIpc) is 2.77. The monoisotopic (exact) mass is 567 g/mol. The molecule has 1 aliphatic rings. The molecule has 1 saturated carbocycles. The van der Waals surface area contributed by atoms with Crippen LogP contribution in [0.5, 0.6) is 0 Å². The fraction of sp³-hybridized carbons (Fsp3) is 0.542. The van der Waals surface area contributed by atoms with Crippen LogP contribution in [0.2, 0.25) is 23.2 Å². The van der Waals surface area contributed by atoms with Gasteiger partial charge in [-0.3, -0.25) is 0 Å². The molecule has 2 atom stereocenters. The second-order valence-corrected chi connectivity index (χ2v) is 16.3. The van der Waals surface area contributed by atoms with Gasteiger partial charge in [0.05, 0.1) is 29.8 Å². The van der Waals surface area contributed by atoms with Crippen molar-refractivity contribution in [3.05, 3.63) is 39.2 Å². The van der Waals surface area contributed by atoms with Gasteiger partial charge in [-0.05, 0) is 64.6 Å². The number of nitrogens with zero attached hydrogens (tertiary/aromatic N) is 3. The summed E-state index contributed by atoms with van der Waals surface area (Å²) in [6.45, 7) is 11.4. The smallest absolute Gasteiger partial charge is 0.229 e. The lowest BCUT2D eigenvalue weighted by molar-refractivity contribution is 0.276. The number of hydrogen-bond acceptors (Lipinski definition) is 6. The summed E-state index contributed by atoms with van der Waals surface area (Å²) < 4.78 is 21.6. The largest absolute Gasteiger partial charge is 0.413 e. The maximum absolute atomic E-state index is 14.4. The fourth-order valence-electron chi connectivity index (χ4n) is 3.59. The Balaban J connectivity index is 1.79. The SMILES string of the molecule is CC(C)(C)[Si](C)(C)OCc1cc(Nc2ncc(F)c(NC3CCCCC3C#N)n2)cc(Cl)c1Br. The van der Waals surface area contributed by atoms with Crippen LogP contribution in [0.3, 0.4) is 0 Å². The zero-order valence-electron chi connectivity index (χ0n) is 20.3. The molecule has 0 bridgehead atoms. The van der Waals surface area contributed by atoms with E-state index in [2.05, 4.69) is 76.5 Å². The third-order valence-electron chi connectivity index (χ3n) is 6.75. The molecule has 2 aromatic rings. The van der Waals surface area contributed by atoms with Gasteiger partial charge in [-0.25, -0.2) is 9.37 Å². The summed E-state index contributed by atoms with van der Waals surface area (Å²) in [6.07, 6.45) is 4.77. The molecule has 1 aromatic carbocycles. The highest BCUT2D eigenvalue weighted by Gasteiger charge is 2.37. The highest BCUT2D eigenvalue weighted by Crippen LogP contribution is 2.39. The summed E-state index contributed by atoms with van der Waals surface area (Å²) in [6, 6.07) is 5.88. The van der Waals surface area contributed by atoms with Crippen molar-refractivity contribution in [3.8, 4) is 6.07 Å². The highest BCUT2D eigenvalue weighted by atomic mass is 79.9. The molecule has 1 aromatic heterocycles. The van der Waals surface area contributed by atoms with Crippen molar-refractivity contribution in [2.24, 2.45) is 5.92 Å². The molecule has 3 rings (SSSR count). The second-order valence-electron chi connectivity index (χ2n) is 10.3. The van der Waals surface area contributed by atoms with E-state index < -0.39 is 14.1 Å². The Bertz CT molecular complexity index is 1070. The molecule has 0 radical (unpaired) electrons. The number of aromatic nitrogens is 2. The first-order valence-corrected chi connectivity index (χ1v) is 15.6. The molecular formula is C24H32BrClFN5OSi. The van der Waals surface area contributed by atoms with Gasteiger partial charge in [-0.1, -0.05) is 45.2 Å². The van der Waals surface area contributed by atoms with E-state index >= 15 is 0 Å². The Hall–Kier alpha value is -1.73. The first-order valence-electron chi connectivity index (χ1n) is 11.5. The van der Waals surface area contributed by atoms with E-state index in [9.17, 15) is 9.65 Å². The van der Waals surface area contributed by atoms with Crippen LogP contribution in [0.25, 0.3) is 0 Å². The van der Waals surface area contributed by atoms with Crippen LogP contribution in [0.15, 0.2) is 22.8 Å². The number of anilines is 3. The van der Waals surface area contributed by atoms with Gasteiger partial charge in [0.25, 0.3) is 0 Å². The molecule has 2 unspecified atom stereocenters. The summed E-state index contributed by atoms with van der Waals surface area (Å²) in [5, 5.41) is 16.3. The molecule has 1 fully saturated rings. The molecule has 1 heterocycles. The fourth-order valence-corrected chi connectivity index (χ4v) is 5.12. The molecule has 10 heteroatoms. The molecule has 0 aliphatic heterocycles. The van der Waals surface area contributed by atoms with E-state index in [1.54, 1.807) is 6.07 Å². The maximum Gasteiger partial charge on any atom is 0.229 e. The number of nitrogens with one attached hydrogen (secondary N) is 2. The molecule has 2 N–H and O–H groups in total. The van der Waals surface area contributed by atoms with Crippen molar-refractivity contribution in [3.63, 3.8) is 0 Å². The van der Waals surface area contributed by atoms with E-state index in [1.807, 2.05) is 6.07 Å². The van der Waals surface area contributed by atoms with Crippen LogP contribution in [0.4, 0.5) is 21.8 Å². The first-order chi connectivity index (χ1) is 15.9. The minimum absolute atomic E-state index is 0.0906. The Labute approximate surface area is 215 Å². The van der Waals surface area contributed by atoms with Crippen LogP contribution in [0, 0.1) is 23.1 Å². The van der Waals surface area contributed by atoms with Crippen LogP contribution in [0.1, 0.15) is 52.0 Å². The number of halogens is 3. The minimum Gasteiger partial charge on any atom is -0.413 e. The van der Waals surface area contributed by atoms with Gasteiger partial charge in [0.15, 0.2) is 20.0 Å². The normalized spacial score (nSPS) is 18.9. The summed E-state index contributed by atoms with van der Waals surface area (Å²) in [5.74, 6) is -0.379. The number of rotatable bonds is 7. The van der Waals surface area contributed by atoms with Crippen molar-refractivity contribution in [1.82, 2.24) is 9.97 Å². The molecule has 0 amide bonds. The van der Waals surface area contributed by atoms with Gasteiger partial charge in [0.2, 0.25) is 5.95 Å². The molecular weight excluding hydrogens is 537 g/mol. The predicted molar refractivity (Wildman–Crippen MR) is 141 cm³/mol. The summed E-state index contributed by atoms with van der Waals surface area (Å²) in [4.78, 5) is 8.42. The van der Waals surface area contributed by atoms with Crippen molar-refractivity contribution < 1.29 is 8.82 Å². The third kappa shape index (κ3) is 6.48. The van der Waals surface area contributed by atoms with Crippen LogP contribution in [-0.4, -0.2) is 24.3 Å². The van der Waals surface area contributed by atoms with Crippen molar-refractivity contribution in [2.45, 2.75) is 77.2 Å². The van der Waals surface area contributed by atoms with E-state index in [4.69, 9.17) is 16.0 Å². The van der Waals surface area contributed by atoms with E-state index in [0.717, 1.165) is 41.9 Å². The number of hydrogen-bond donors (Lipinski definition) is 2. The topological polar surface area (TPSA) is 82.9 Å². The zero-order valence-corrected chi connectivity index (χ0v) is 23.6. The van der Waals surface area contributed by atoms with Gasteiger partial charge >= 0.3 is 0 Å². The Morgan fingerprint density at radius 1 is 1.29 bits per heavy atom.